The van der Waals surface area contributed by atoms with Crippen LogP contribution >= 0.6 is 31.9 Å². The second-order valence-electron chi connectivity index (χ2n) is 2.87. The minimum Gasteiger partial charge on any atom is -0.441 e. The van der Waals surface area contributed by atoms with Crippen molar-refractivity contribution in [1.82, 2.24) is 4.98 Å². The van der Waals surface area contributed by atoms with Crippen LogP contribution in [0.3, 0.4) is 0 Å². The molecule has 0 radical (unpaired) electrons. The molecule has 1 aromatic carbocycles. The monoisotopic (exact) mass is 315 g/mol. The Morgan fingerprint density at radius 1 is 1.21 bits per heavy atom. The number of rotatable bonds is 1. The van der Waals surface area contributed by atoms with E-state index in [2.05, 4.69) is 36.8 Å². The maximum Gasteiger partial charge on any atom is 0.228 e. The fourth-order valence-electron chi connectivity index (χ4n) is 1.17. The Labute approximate surface area is 98.6 Å². The van der Waals surface area contributed by atoms with Gasteiger partial charge in [0.05, 0.1) is 11.8 Å². The molecule has 0 saturated heterocycles. The highest BCUT2D eigenvalue weighted by atomic mass is 79.9. The summed E-state index contributed by atoms with van der Waals surface area (Å²) < 4.78 is 7.39. The van der Waals surface area contributed by atoms with E-state index >= 15 is 0 Å². The van der Waals surface area contributed by atoms with Crippen molar-refractivity contribution >= 4 is 31.9 Å². The van der Waals surface area contributed by atoms with Gasteiger partial charge in [0.15, 0.2) is 0 Å². The fraction of sp³-hybridized carbons (Fsp3) is 0.100. The van der Waals surface area contributed by atoms with Crippen LogP contribution < -0.4 is 0 Å². The summed E-state index contributed by atoms with van der Waals surface area (Å²) in [5, 5.41) is 0. The zero-order valence-electron chi connectivity index (χ0n) is 7.42. The zero-order chi connectivity index (χ0) is 10.1. The van der Waals surface area contributed by atoms with E-state index in [0.29, 0.717) is 5.89 Å². The van der Waals surface area contributed by atoms with Gasteiger partial charge in [-0.25, -0.2) is 4.98 Å². The Kier molecular flexibility index (Phi) is 2.74. The number of hydrogen-bond acceptors (Lipinski definition) is 2. The molecule has 0 spiro atoms. The summed E-state index contributed by atoms with van der Waals surface area (Å²) in [6, 6.07) is 5.87. The average molecular weight is 317 g/mol. The SMILES string of the molecule is Cc1cnc(-c2c(Br)cccc2Br)o1. The molecule has 0 N–H and O–H groups in total. The maximum absolute atomic E-state index is 5.46. The first-order valence-electron chi connectivity index (χ1n) is 4.05. The molecule has 1 aromatic heterocycles. The molecule has 4 heteroatoms. The first-order valence-corrected chi connectivity index (χ1v) is 5.64. The van der Waals surface area contributed by atoms with Gasteiger partial charge < -0.3 is 4.42 Å². The summed E-state index contributed by atoms with van der Waals surface area (Å²) in [4.78, 5) is 4.18. The molecule has 0 atom stereocenters. The van der Waals surface area contributed by atoms with Crippen molar-refractivity contribution in [3.63, 3.8) is 0 Å². The molecular weight excluding hydrogens is 310 g/mol. The van der Waals surface area contributed by atoms with E-state index in [1.54, 1.807) is 6.20 Å². The number of halogens is 2. The molecule has 0 unspecified atom stereocenters. The molecule has 1 heterocycles. The fourth-order valence-corrected chi connectivity index (χ4v) is 2.51. The molecule has 14 heavy (non-hydrogen) atoms. The first kappa shape index (κ1) is 9.93. The van der Waals surface area contributed by atoms with Crippen LogP contribution in [0.4, 0.5) is 0 Å². The lowest BCUT2D eigenvalue weighted by Gasteiger charge is -2.01. The van der Waals surface area contributed by atoms with Crippen LogP contribution in [0.25, 0.3) is 11.5 Å². The van der Waals surface area contributed by atoms with Gasteiger partial charge in [0.1, 0.15) is 5.76 Å². The largest absolute Gasteiger partial charge is 0.441 e. The van der Waals surface area contributed by atoms with Crippen molar-refractivity contribution in [2.75, 3.05) is 0 Å². The number of oxazole rings is 1. The zero-order valence-corrected chi connectivity index (χ0v) is 10.6. The van der Waals surface area contributed by atoms with E-state index in [4.69, 9.17) is 4.42 Å². The number of aromatic nitrogens is 1. The predicted molar refractivity (Wildman–Crippen MR) is 62.1 cm³/mol. The van der Waals surface area contributed by atoms with Crippen LogP contribution in [0.2, 0.25) is 0 Å². The highest BCUT2D eigenvalue weighted by Crippen LogP contribution is 2.34. The predicted octanol–water partition coefficient (Wildman–Crippen LogP) is 4.18. The van der Waals surface area contributed by atoms with Gasteiger partial charge in [-0.15, -0.1) is 0 Å². The lowest BCUT2D eigenvalue weighted by molar-refractivity contribution is 0.542. The van der Waals surface area contributed by atoms with Crippen molar-refractivity contribution in [2.24, 2.45) is 0 Å². The molecule has 2 nitrogen and oxygen atoms in total. The Morgan fingerprint density at radius 2 is 1.86 bits per heavy atom. The third-order valence-electron chi connectivity index (χ3n) is 1.80. The molecule has 0 bridgehead atoms. The lowest BCUT2D eigenvalue weighted by atomic mass is 10.2. The molecule has 0 aliphatic rings. The standard InChI is InChI=1S/C10H7Br2NO/c1-6-5-13-10(14-6)9-7(11)3-2-4-8(9)12/h2-5H,1H3. The molecule has 0 aliphatic carbocycles. The number of nitrogens with zero attached hydrogens (tertiary/aromatic N) is 1. The quantitative estimate of drug-likeness (QED) is 0.789. The van der Waals surface area contributed by atoms with E-state index in [1.807, 2.05) is 25.1 Å². The molecule has 0 fully saturated rings. The van der Waals surface area contributed by atoms with E-state index < -0.39 is 0 Å². The summed E-state index contributed by atoms with van der Waals surface area (Å²) in [6.07, 6.45) is 1.71. The molecule has 0 amide bonds. The normalized spacial score (nSPS) is 10.5. The highest BCUT2D eigenvalue weighted by Gasteiger charge is 2.11. The molecule has 72 valence electrons. The number of benzene rings is 1. The van der Waals surface area contributed by atoms with Crippen molar-refractivity contribution in [3.05, 3.63) is 39.1 Å². The van der Waals surface area contributed by atoms with Crippen molar-refractivity contribution in [3.8, 4) is 11.5 Å². The summed E-state index contributed by atoms with van der Waals surface area (Å²) in [7, 11) is 0. The Morgan fingerprint density at radius 3 is 2.36 bits per heavy atom. The average Bonchev–Trinajstić information content (AvgIpc) is 2.51. The van der Waals surface area contributed by atoms with Crippen LogP contribution in [-0.2, 0) is 0 Å². The summed E-state index contributed by atoms with van der Waals surface area (Å²) in [6.45, 7) is 1.88. The number of aryl methyl sites for hydroxylation is 1. The van der Waals surface area contributed by atoms with E-state index in [9.17, 15) is 0 Å². The summed E-state index contributed by atoms with van der Waals surface area (Å²) in [5.41, 5.74) is 0.945. The van der Waals surface area contributed by atoms with Crippen LogP contribution in [0.1, 0.15) is 5.76 Å². The smallest absolute Gasteiger partial charge is 0.228 e. The first-order chi connectivity index (χ1) is 6.68. The minimum absolute atomic E-state index is 0.627. The third kappa shape index (κ3) is 1.77. The van der Waals surface area contributed by atoms with Crippen LogP contribution in [0, 0.1) is 6.92 Å². The maximum atomic E-state index is 5.46. The second-order valence-corrected chi connectivity index (χ2v) is 4.58. The molecule has 0 aliphatic heterocycles. The van der Waals surface area contributed by atoms with E-state index in [0.717, 1.165) is 20.3 Å². The number of hydrogen-bond donors (Lipinski definition) is 0. The van der Waals surface area contributed by atoms with Gasteiger partial charge in [-0.1, -0.05) is 6.07 Å². The van der Waals surface area contributed by atoms with Crippen molar-refractivity contribution in [2.45, 2.75) is 6.92 Å². The van der Waals surface area contributed by atoms with Gasteiger partial charge in [0, 0.05) is 8.95 Å². The molecule has 2 aromatic rings. The Bertz CT molecular complexity index is 445. The van der Waals surface area contributed by atoms with Gasteiger partial charge in [0.25, 0.3) is 0 Å². The van der Waals surface area contributed by atoms with Gasteiger partial charge in [-0.2, -0.15) is 0 Å². The molecule has 0 saturated carbocycles. The highest BCUT2D eigenvalue weighted by molar-refractivity contribution is 9.11. The van der Waals surface area contributed by atoms with Crippen LogP contribution in [0.5, 0.6) is 0 Å². The summed E-state index contributed by atoms with van der Waals surface area (Å²) >= 11 is 6.93. The minimum atomic E-state index is 0.627. The van der Waals surface area contributed by atoms with Gasteiger partial charge >= 0.3 is 0 Å². The summed E-state index contributed by atoms with van der Waals surface area (Å²) in [5.74, 6) is 1.43. The van der Waals surface area contributed by atoms with Gasteiger partial charge in [-0.3, -0.25) is 0 Å². The lowest BCUT2D eigenvalue weighted by Crippen LogP contribution is -1.81. The van der Waals surface area contributed by atoms with Crippen LogP contribution in [-0.4, -0.2) is 4.98 Å². The third-order valence-corrected chi connectivity index (χ3v) is 3.12. The van der Waals surface area contributed by atoms with Crippen molar-refractivity contribution < 1.29 is 4.42 Å². The van der Waals surface area contributed by atoms with Crippen molar-refractivity contribution in [1.29, 1.82) is 0 Å². The molecular formula is C10H7Br2NO. The Balaban J connectivity index is 2.61. The topological polar surface area (TPSA) is 26.0 Å². The van der Waals surface area contributed by atoms with E-state index in [1.165, 1.54) is 0 Å². The van der Waals surface area contributed by atoms with Gasteiger partial charge in [-0.05, 0) is 50.9 Å². The molecule has 2 rings (SSSR count). The van der Waals surface area contributed by atoms with Gasteiger partial charge in [0.2, 0.25) is 5.89 Å². The Hall–Kier alpha value is -0.610. The second kappa shape index (κ2) is 3.87. The van der Waals surface area contributed by atoms with E-state index in [-0.39, 0.29) is 0 Å². The van der Waals surface area contributed by atoms with Crippen LogP contribution in [0.15, 0.2) is 37.8 Å².